The van der Waals surface area contributed by atoms with E-state index in [0.29, 0.717) is 11.3 Å². The Bertz CT molecular complexity index is 433. The van der Waals surface area contributed by atoms with Crippen molar-refractivity contribution in [1.82, 2.24) is 0 Å². The standard InChI is InChI=1S/C18H28OS/c1-14(2)17-8-7-16(11-15(17)3)19-12-18(13-20)9-5-4-6-10-18/h7-8,11,14,20H,4-6,9-10,12-13H2,1-3H3. The lowest BCUT2D eigenvalue weighted by molar-refractivity contribution is 0.121. The number of rotatable bonds is 5. The molecule has 1 nitrogen and oxygen atoms in total. The molecule has 1 aromatic rings. The van der Waals surface area contributed by atoms with Gasteiger partial charge in [-0.15, -0.1) is 0 Å². The number of benzene rings is 1. The molecule has 0 radical (unpaired) electrons. The van der Waals surface area contributed by atoms with E-state index in [4.69, 9.17) is 4.74 Å². The van der Waals surface area contributed by atoms with Gasteiger partial charge in [0.2, 0.25) is 0 Å². The minimum atomic E-state index is 0.298. The van der Waals surface area contributed by atoms with Crippen LogP contribution in [-0.2, 0) is 0 Å². The topological polar surface area (TPSA) is 9.23 Å². The lowest BCUT2D eigenvalue weighted by atomic mass is 9.76. The van der Waals surface area contributed by atoms with Crippen molar-refractivity contribution in [3.05, 3.63) is 29.3 Å². The predicted octanol–water partition coefficient (Wildman–Crippen LogP) is 5.38. The molecule has 0 bridgehead atoms. The first kappa shape index (κ1) is 15.8. The molecule has 1 aliphatic rings. The molecule has 0 atom stereocenters. The Balaban J connectivity index is 2.01. The largest absolute Gasteiger partial charge is 0.493 e. The molecule has 1 aliphatic carbocycles. The molecule has 0 saturated heterocycles. The molecule has 0 aliphatic heterocycles. The van der Waals surface area contributed by atoms with Gasteiger partial charge in [0.25, 0.3) is 0 Å². The van der Waals surface area contributed by atoms with Gasteiger partial charge in [0.1, 0.15) is 5.75 Å². The van der Waals surface area contributed by atoms with Crippen molar-refractivity contribution in [1.29, 1.82) is 0 Å². The van der Waals surface area contributed by atoms with E-state index in [1.165, 1.54) is 43.2 Å². The Morgan fingerprint density at radius 2 is 1.90 bits per heavy atom. The van der Waals surface area contributed by atoms with E-state index in [-0.39, 0.29) is 0 Å². The molecule has 1 fully saturated rings. The zero-order chi connectivity index (χ0) is 14.6. The first-order valence-corrected chi connectivity index (χ1v) is 8.54. The molecule has 0 spiro atoms. The molecule has 112 valence electrons. The summed E-state index contributed by atoms with van der Waals surface area (Å²) in [6.07, 6.45) is 6.56. The smallest absolute Gasteiger partial charge is 0.119 e. The first-order valence-electron chi connectivity index (χ1n) is 7.90. The molecular formula is C18H28OS. The van der Waals surface area contributed by atoms with Crippen molar-refractivity contribution in [3.8, 4) is 5.75 Å². The molecule has 1 saturated carbocycles. The summed E-state index contributed by atoms with van der Waals surface area (Å²) in [5.74, 6) is 2.53. The summed E-state index contributed by atoms with van der Waals surface area (Å²) < 4.78 is 6.11. The molecule has 1 aromatic carbocycles. The van der Waals surface area contributed by atoms with Crippen LogP contribution in [0.3, 0.4) is 0 Å². The van der Waals surface area contributed by atoms with Crippen molar-refractivity contribution >= 4 is 12.6 Å². The normalized spacial score (nSPS) is 18.2. The van der Waals surface area contributed by atoms with Crippen LogP contribution < -0.4 is 4.74 Å². The van der Waals surface area contributed by atoms with Crippen molar-refractivity contribution in [3.63, 3.8) is 0 Å². The molecule has 0 N–H and O–H groups in total. The van der Waals surface area contributed by atoms with E-state index in [1.54, 1.807) is 0 Å². The highest BCUT2D eigenvalue weighted by atomic mass is 32.1. The van der Waals surface area contributed by atoms with E-state index in [9.17, 15) is 0 Å². The zero-order valence-electron chi connectivity index (χ0n) is 13.1. The maximum absolute atomic E-state index is 6.11. The summed E-state index contributed by atoms with van der Waals surface area (Å²) in [6, 6.07) is 6.52. The van der Waals surface area contributed by atoms with Crippen LogP contribution in [0.1, 0.15) is 63.0 Å². The van der Waals surface area contributed by atoms with Crippen molar-refractivity contribution in [2.75, 3.05) is 12.4 Å². The fourth-order valence-electron chi connectivity index (χ4n) is 3.27. The predicted molar refractivity (Wildman–Crippen MR) is 90.1 cm³/mol. The molecule has 20 heavy (non-hydrogen) atoms. The Morgan fingerprint density at radius 1 is 1.20 bits per heavy atom. The van der Waals surface area contributed by atoms with E-state index >= 15 is 0 Å². The third-order valence-corrected chi connectivity index (χ3v) is 5.33. The summed E-state index contributed by atoms with van der Waals surface area (Å²) in [4.78, 5) is 0. The minimum absolute atomic E-state index is 0.298. The third-order valence-electron chi connectivity index (χ3n) is 4.66. The SMILES string of the molecule is Cc1cc(OCC2(CS)CCCCC2)ccc1C(C)C. The van der Waals surface area contributed by atoms with Gasteiger partial charge in [-0.1, -0.05) is 39.2 Å². The number of thiol groups is 1. The van der Waals surface area contributed by atoms with Gasteiger partial charge in [-0.2, -0.15) is 12.6 Å². The maximum Gasteiger partial charge on any atom is 0.119 e. The van der Waals surface area contributed by atoms with Crippen molar-refractivity contribution in [2.24, 2.45) is 5.41 Å². The monoisotopic (exact) mass is 292 g/mol. The van der Waals surface area contributed by atoms with Crippen LogP contribution in [0, 0.1) is 12.3 Å². The van der Waals surface area contributed by atoms with E-state index in [0.717, 1.165) is 18.1 Å². The second kappa shape index (κ2) is 6.89. The number of ether oxygens (including phenoxy) is 1. The van der Waals surface area contributed by atoms with Crippen LogP contribution in [0.2, 0.25) is 0 Å². The number of aryl methyl sites for hydroxylation is 1. The fourth-order valence-corrected chi connectivity index (χ4v) is 3.68. The van der Waals surface area contributed by atoms with Crippen molar-refractivity contribution < 1.29 is 4.74 Å². The second-order valence-electron chi connectivity index (χ2n) is 6.68. The summed E-state index contributed by atoms with van der Waals surface area (Å²) in [5.41, 5.74) is 3.05. The molecule has 0 aromatic heterocycles. The van der Waals surface area contributed by atoms with Crippen LogP contribution in [0.5, 0.6) is 5.75 Å². The van der Waals surface area contributed by atoms with Gasteiger partial charge >= 0.3 is 0 Å². The quantitative estimate of drug-likeness (QED) is 0.717. The highest BCUT2D eigenvalue weighted by Crippen LogP contribution is 2.38. The lowest BCUT2D eigenvalue weighted by Gasteiger charge is -2.35. The average molecular weight is 292 g/mol. The summed E-state index contributed by atoms with van der Waals surface area (Å²) in [7, 11) is 0. The molecular weight excluding hydrogens is 264 g/mol. The summed E-state index contributed by atoms with van der Waals surface area (Å²) in [6.45, 7) is 7.47. The molecule has 0 amide bonds. The van der Waals surface area contributed by atoms with Crippen LogP contribution in [-0.4, -0.2) is 12.4 Å². The fraction of sp³-hybridized carbons (Fsp3) is 0.667. The van der Waals surface area contributed by atoms with Gasteiger partial charge in [0.05, 0.1) is 6.61 Å². The van der Waals surface area contributed by atoms with Crippen LogP contribution in [0.25, 0.3) is 0 Å². The van der Waals surface area contributed by atoms with E-state index in [2.05, 4.69) is 51.6 Å². The Hall–Kier alpha value is -0.630. The maximum atomic E-state index is 6.11. The van der Waals surface area contributed by atoms with Gasteiger partial charge in [0.15, 0.2) is 0 Å². The van der Waals surface area contributed by atoms with Crippen LogP contribution >= 0.6 is 12.6 Å². The lowest BCUT2D eigenvalue weighted by Crippen LogP contribution is -2.33. The van der Waals surface area contributed by atoms with Crippen LogP contribution in [0.15, 0.2) is 18.2 Å². The minimum Gasteiger partial charge on any atom is -0.493 e. The van der Waals surface area contributed by atoms with Gasteiger partial charge in [0, 0.05) is 5.41 Å². The van der Waals surface area contributed by atoms with Crippen molar-refractivity contribution in [2.45, 2.75) is 58.8 Å². The number of hydrogen-bond donors (Lipinski definition) is 1. The second-order valence-corrected chi connectivity index (χ2v) is 7.00. The Kier molecular flexibility index (Phi) is 5.42. The Morgan fingerprint density at radius 3 is 2.45 bits per heavy atom. The third kappa shape index (κ3) is 3.72. The first-order chi connectivity index (χ1) is 9.56. The van der Waals surface area contributed by atoms with Crippen LogP contribution in [0.4, 0.5) is 0 Å². The van der Waals surface area contributed by atoms with E-state index in [1.807, 2.05) is 0 Å². The molecule has 0 heterocycles. The zero-order valence-corrected chi connectivity index (χ0v) is 14.0. The molecule has 0 unspecified atom stereocenters. The van der Waals surface area contributed by atoms with Gasteiger partial charge < -0.3 is 4.74 Å². The highest BCUT2D eigenvalue weighted by Gasteiger charge is 2.31. The van der Waals surface area contributed by atoms with Gasteiger partial charge in [-0.3, -0.25) is 0 Å². The molecule has 2 heteroatoms. The summed E-state index contributed by atoms with van der Waals surface area (Å²) in [5, 5.41) is 0. The highest BCUT2D eigenvalue weighted by molar-refractivity contribution is 7.80. The van der Waals surface area contributed by atoms with Gasteiger partial charge in [-0.05, 0) is 54.7 Å². The number of hydrogen-bond acceptors (Lipinski definition) is 2. The molecule has 2 rings (SSSR count). The van der Waals surface area contributed by atoms with E-state index < -0.39 is 0 Å². The summed E-state index contributed by atoms with van der Waals surface area (Å²) >= 11 is 4.58. The van der Waals surface area contributed by atoms with Gasteiger partial charge in [-0.25, -0.2) is 0 Å². The Labute approximate surface area is 129 Å². The average Bonchev–Trinajstić information content (AvgIpc) is 2.46.